The Kier molecular flexibility index (Phi) is 5.16. The lowest BCUT2D eigenvalue weighted by atomic mass is 9.92. The molecule has 0 aromatic heterocycles. The predicted octanol–water partition coefficient (Wildman–Crippen LogP) is 2.39. The van der Waals surface area contributed by atoms with Crippen LogP contribution in [0.3, 0.4) is 0 Å². The molecular formula is C18H25N3O2. The SMILES string of the molecule is O=C(NCCNC(=O)N1CCC[C@@H]2CCC[C@H]21)c1ccccc1. The first-order valence-corrected chi connectivity index (χ1v) is 8.63. The maximum Gasteiger partial charge on any atom is 0.317 e. The van der Waals surface area contributed by atoms with Gasteiger partial charge in [0.15, 0.2) is 0 Å². The van der Waals surface area contributed by atoms with Gasteiger partial charge in [0, 0.05) is 31.2 Å². The number of fused-ring (bicyclic) bond motifs is 1. The average molecular weight is 315 g/mol. The number of nitrogens with one attached hydrogen (secondary N) is 2. The molecule has 2 N–H and O–H groups in total. The fourth-order valence-electron chi connectivity index (χ4n) is 3.84. The first kappa shape index (κ1) is 15.8. The van der Waals surface area contributed by atoms with E-state index in [9.17, 15) is 9.59 Å². The molecule has 0 bridgehead atoms. The number of urea groups is 1. The summed E-state index contributed by atoms with van der Waals surface area (Å²) in [6.45, 7) is 1.77. The van der Waals surface area contributed by atoms with Crippen molar-refractivity contribution in [2.45, 2.75) is 38.1 Å². The van der Waals surface area contributed by atoms with Gasteiger partial charge >= 0.3 is 6.03 Å². The number of rotatable bonds is 4. The normalized spacial score (nSPS) is 23.2. The largest absolute Gasteiger partial charge is 0.350 e. The summed E-state index contributed by atoms with van der Waals surface area (Å²) in [6, 6.07) is 9.57. The summed E-state index contributed by atoms with van der Waals surface area (Å²) in [5.74, 6) is 0.598. The summed E-state index contributed by atoms with van der Waals surface area (Å²) in [5.41, 5.74) is 0.642. The van der Waals surface area contributed by atoms with Crippen LogP contribution in [-0.2, 0) is 0 Å². The van der Waals surface area contributed by atoms with Crippen molar-refractivity contribution in [1.82, 2.24) is 15.5 Å². The lowest BCUT2D eigenvalue weighted by Crippen LogP contribution is -2.51. The van der Waals surface area contributed by atoms with Crippen LogP contribution in [0.4, 0.5) is 4.79 Å². The van der Waals surface area contributed by atoms with Crippen LogP contribution < -0.4 is 10.6 Å². The van der Waals surface area contributed by atoms with Crippen molar-refractivity contribution < 1.29 is 9.59 Å². The number of benzene rings is 1. The van der Waals surface area contributed by atoms with Gasteiger partial charge < -0.3 is 15.5 Å². The molecule has 23 heavy (non-hydrogen) atoms. The molecule has 1 aliphatic carbocycles. The summed E-state index contributed by atoms with van der Waals surface area (Å²) in [4.78, 5) is 26.3. The van der Waals surface area contributed by atoms with Crippen LogP contribution in [-0.4, -0.2) is 42.5 Å². The summed E-state index contributed by atoms with van der Waals surface area (Å²) in [7, 11) is 0. The first-order chi connectivity index (χ1) is 11.3. The molecule has 3 amide bonds. The van der Waals surface area contributed by atoms with Gasteiger partial charge in [0.05, 0.1) is 0 Å². The molecule has 2 atom stereocenters. The highest BCUT2D eigenvalue weighted by molar-refractivity contribution is 5.94. The lowest BCUT2D eigenvalue weighted by molar-refractivity contribution is 0.0952. The molecule has 1 heterocycles. The fourth-order valence-corrected chi connectivity index (χ4v) is 3.84. The molecule has 124 valence electrons. The first-order valence-electron chi connectivity index (χ1n) is 8.63. The van der Waals surface area contributed by atoms with Crippen molar-refractivity contribution in [3.05, 3.63) is 35.9 Å². The number of nitrogens with zero attached hydrogens (tertiary/aromatic N) is 1. The minimum atomic E-state index is -0.103. The Balaban J connectivity index is 1.40. The topological polar surface area (TPSA) is 61.4 Å². The van der Waals surface area contributed by atoms with Crippen molar-refractivity contribution in [1.29, 1.82) is 0 Å². The van der Waals surface area contributed by atoms with Gasteiger partial charge in [-0.15, -0.1) is 0 Å². The van der Waals surface area contributed by atoms with E-state index in [0.29, 0.717) is 30.6 Å². The molecule has 1 aliphatic heterocycles. The summed E-state index contributed by atoms with van der Waals surface area (Å²) >= 11 is 0. The Labute approximate surface area is 137 Å². The predicted molar refractivity (Wildman–Crippen MR) is 89.2 cm³/mol. The Morgan fingerprint density at radius 2 is 1.74 bits per heavy atom. The van der Waals surface area contributed by atoms with Crippen molar-refractivity contribution in [2.24, 2.45) is 5.92 Å². The molecule has 0 spiro atoms. The minimum absolute atomic E-state index is 0.0237. The third-order valence-corrected chi connectivity index (χ3v) is 4.98. The van der Waals surface area contributed by atoms with Crippen LogP contribution in [0.2, 0.25) is 0 Å². The van der Waals surface area contributed by atoms with Crippen LogP contribution in [0.15, 0.2) is 30.3 Å². The summed E-state index contributed by atoms with van der Waals surface area (Å²) in [5, 5.41) is 5.78. The third-order valence-electron chi connectivity index (χ3n) is 4.98. The van der Waals surface area contributed by atoms with E-state index in [1.807, 2.05) is 23.1 Å². The number of amides is 3. The van der Waals surface area contributed by atoms with E-state index in [0.717, 1.165) is 19.4 Å². The molecule has 0 unspecified atom stereocenters. The summed E-state index contributed by atoms with van der Waals surface area (Å²) < 4.78 is 0. The molecule has 5 nitrogen and oxygen atoms in total. The van der Waals surface area contributed by atoms with Gasteiger partial charge in [-0.05, 0) is 43.7 Å². The molecular weight excluding hydrogens is 290 g/mol. The maximum atomic E-state index is 12.4. The monoisotopic (exact) mass is 315 g/mol. The summed E-state index contributed by atoms with van der Waals surface area (Å²) in [6.07, 6.45) is 6.03. The van der Waals surface area contributed by atoms with E-state index in [4.69, 9.17) is 0 Å². The van der Waals surface area contributed by atoms with Crippen molar-refractivity contribution >= 4 is 11.9 Å². The van der Waals surface area contributed by atoms with E-state index < -0.39 is 0 Å². The maximum absolute atomic E-state index is 12.4. The van der Waals surface area contributed by atoms with E-state index in [1.54, 1.807) is 12.1 Å². The number of carbonyl (C=O) groups is 2. The lowest BCUT2D eigenvalue weighted by Gasteiger charge is -2.37. The molecule has 1 saturated carbocycles. The zero-order chi connectivity index (χ0) is 16.1. The molecule has 1 aromatic rings. The Morgan fingerprint density at radius 1 is 1.00 bits per heavy atom. The van der Waals surface area contributed by atoms with Gasteiger partial charge in [-0.1, -0.05) is 24.6 Å². The highest BCUT2D eigenvalue weighted by atomic mass is 16.2. The quantitative estimate of drug-likeness (QED) is 0.838. The van der Waals surface area contributed by atoms with Gasteiger partial charge in [-0.3, -0.25) is 4.79 Å². The number of carbonyl (C=O) groups excluding carboxylic acids is 2. The molecule has 0 radical (unpaired) electrons. The van der Waals surface area contributed by atoms with Crippen LogP contribution in [0.25, 0.3) is 0 Å². The number of piperidine rings is 1. The van der Waals surface area contributed by atoms with Crippen molar-refractivity contribution in [3.63, 3.8) is 0 Å². The zero-order valence-corrected chi connectivity index (χ0v) is 13.5. The van der Waals surface area contributed by atoms with Crippen molar-refractivity contribution in [3.8, 4) is 0 Å². The van der Waals surface area contributed by atoms with E-state index in [-0.39, 0.29) is 11.9 Å². The Morgan fingerprint density at radius 3 is 2.57 bits per heavy atom. The van der Waals surface area contributed by atoms with E-state index in [1.165, 1.54) is 19.3 Å². The number of likely N-dealkylation sites (tertiary alicyclic amines) is 1. The average Bonchev–Trinajstić information content (AvgIpc) is 3.07. The van der Waals surface area contributed by atoms with E-state index in [2.05, 4.69) is 10.6 Å². The Hall–Kier alpha value is -2.04. The molecule has 2 fully saturated rings. The molecule has 2 aliphatic rings. The molecule has 5 heteroatoms. The fraction of sp³-hybridized carbons (Fsp3) is 0.556. The van der Waals surface area contributed by atoms with Crippen LogP contribution >= 0.6 is 0 Å². The van der Waals surface area contributed by atoms with Gasteiger partial charge in [0.1, 0.15) is 0 Å². The molecule has 1 aromatic carbocycles. The highest BCUT2D eigenvalue weighted by Gasteiger charge is 2.37. The Bertz CT molecular complexity index is 546. The van der Waals surface area contributed by atoms with Crippen LogP contribution in [0.1, 0.15) is 42.5 Å². The van der Waals surface area contributed by atoms with E-state index >= 15 is 0 Å². The standard InChI is InChI=1S/C18H25N3O2/c22-17(15-6-2-1-3-7-15)19-11-12-20-18(23)21-13-5-9-14-8-4-10-16(14)21/h1-3,6-7,14,16H,4-5,8-13H2,(H,19,22)(H,20,23)/t14-,16+/m0/s1. The third kappa shape index (κ3) is 3.84. The molecule has 3 rings (SSSR count). The second kappa shape index (κ2) is 7.49. The molecule has 1 saturated heterocycles. The zero-order valence-electron chi connectivity index (χ0n) is 13.5. The van der Waals surface area contributed by atoms with Crippen LogP contribution in [0, 0.1) is 5.92 Å². The van der Waals surface area contributed by atoms with Crippen LogP contribution in [0.5, 0.6) is 0 Å². The van der Waals surface area contributed by atoms with Gasteiger partial charge in [-0.2, -0.15) is 0 Å². The number of hydrogen-bond acceptors (Lipinski definition) is 2. The minimum Gasteiger partial charge on any atom is -0.350 e. The van der Waals surface area contributed by atoms with Crippen molar-refractivity contribution in [2.75, 3.05) is 19.6 Å². The number of hydrogen-bond donors (Lipinski definition) is 2. The van der Waals surface area contributed by atoms with Gasteiger partial charge in [0.2, 0.25) is 0 Å². The highest BCUT2D eigenvalue weighted by Crippen LogP contribution is 2.36. The smallest absolute Gasteiger partial charge is 0.317 e. The second-order valence-corrected chi connectivity index (χ2v) is 6.45. The van der Waals surface area contributed by atoms with Gasteiger partial charge in [0.25, 0.3) is 5.91 Å². The second-order valence-electron chi connectivity index (χ2n) is 6.45. The van der Waals surface area contributed by atoms with Gasteiger partial charge in [-0.25, -0.2) is 4.79 Å².